The standard InChI is InChI=1S/C21H21BrFN5O2S/c1-3-28-19(13(2)24-20(30)16-9-4-5-10-17(16)22)26-27-21(28)31-12-18(29)25-15-8-6-7-14(23)11-15/h4-11,13H,3,12H2,1-2H3,(H,24,30)(H,25,29)/t13-/m0/s1. The van der Waals surface area contributed by atoms with Crippen LogP contribution in [-0.4, -0.2) is 32.3 Å². The molecule has 0 aliphatic carbocycles. The molecule has 1 heterocycles. The lowest BCUT2D eigenvalue weighted by molar-refractivity contribution is -0.113. The zero-order valence-electron chi connectivity index (χ0n) is 16.9. The van der Waals surface area contributed by atoms with Crippen LogP contribution in [-0.2, 0) is 11.3 Å². The summed E-state index contributed by atoms with van der Waals surface area (Å²) in [6.07, 6.45) is 0. The maximum absolute atomic E-state index is 13.3. The van der Waals surface area contributed by atoms with Gasteiger partial charge in [0.1, 0.15) is 5.82 Å². The highest BCUT2D eigenvalue weighted by Crippen LogP contribution is 2.22. The van der Waals surface area contributed by atoms with Crippen LogP contribution in [0, 0.1) is 5.82 Å². The first-order valence-corrected chi connectivity index (χ1v) is 11.3. The first-order chi connectivity index (χ1) is 14.9. The van der Waals surface area contributed by atoms with E-state index in [1.54, 1.807) is 24.3 Å². The lowest BCUT2D eigenvalue weighted by Crippen LogP contribution is -2.29. The molecule has 0 saturated carbocycles. The fourth-order valence-electron chi connectivity index (χ4n) is 2.90. The predicted molar refractivity (Wildman–Crippen MR) is 121 cm³/mol. The maximum atomic E-state index is 13.3. The Labute approximate surface area is 192 Å². The van der Waals surface area contributed by atoms with Crippen molar-refractivity contribution in [1.29, 1.82) is 0 Å². The van der Waals surface area contributed by atoms with Crippen molar-refractivity contribution in [3.05, 3.63) is 70.2 Å². The molecule has 1 aromatic heterocycles. The van der Waals surface area contributed by atoms with E-state index in [2.05, 4.69) is 36.8 Å². The summed E-state index contributed by atoms with van der Waals surface area (Å²) in [6.45, 7) is 4.34. The van der Waals surface area contributed by atoms with Gasteiger partial charge in [0.2, 0.25) is 5.91 Å². The molecule has 0 aliphatic heterocycles. The van der Waals surface area contributed by atoms with Gasteiger partial charge in [-0.15, -0.1) is 10.2 Å². The van der Waals surface area contributed by atoms with Gasteiger partial charge in [0.25, 0.3) is 5.91 Å². The van der Waals surface area contributed by atoms with Gasteiger partial charge in [-0.3, -0.25) is 9.59 Å². The number of hydrogen-bond donors (Lipinski definition) is 2. The molecule has 2 amide bonds. The minimum absolute atomic E-state index is 0.0896. The number of amides is 2. The van der Waals surface area contributed by atoms with E-state index in [0.29, 0.717) is 33.2 Å². The van der Waals surface area contributed by atoms with E-state index < -0.39 is 5.82 Å². The summed E-state index contributed by atoms with van der Waals surface area (Å²) in [4.78, 5) is 24.8. The number of anilines is 1. The smallest absolute Gasteiger partial charge is 0.253 e. The van der Waals surface area contributed by atoms with E-state index in [1.807, 2.05) is 24.5 Å². The van der Waals surface area contributed by atoms with Crippen molar-refractivity contribution in [1.82, 2.24) is 20.1 Å². The van der Waals surface area contributed by atoms with Crippen molar-refractivity contribution in [3.8, 4) is 0 Å². The van der Waals surface area contributed by atoms with Gasteiger partial charge in [-0.2, -0.15) is 0 Å². The molecule has 0 radical (unpaired) electrons. The van der Waals surface area contributed by atoms with E-state index in [4.69, 9.17) is 0 Å². The van der Waals surface area contributed by atoms with Crippen LogP contribution in [0.25, 0.3) is 0 Å². The number of halogens is 2. The summed E-state index contributed by atoms with van der Waals surface area (Å²) >= 11 is 4.60. The third-order valence-electron chi connectivity index (χ3n) is 4.36. The van der Waals surface area contributed by atoms with Crippen molar-refractivity contribution in [3.63, 3.8) is 0 Å². The van der Waals surface area contributed by atoms with Crippen molar-refractivity contribution < 1.29 is 14.0 Å². The fraction of sp³-hybridized carbons (Fsp3) is 0.238. The summed E-state index contributed by atoms with van der Waals surface area (Å²) in [7, 11) is 0. The van der Waals surface area contributed by atoms with E-state index >= 15 is 0 Å². The van der Waals surface area contributed by atoms with Gasteiger partial charge in [0.15, 0.2) is 11.0 Å². The molecule has 7 nitrogen and oxygen atoms in total. The third-order valence-corrected chi connectivity index (χ3v) is 6.01. The van der Waals surface area contributed by atoms with Crippen LogP contribution < -0.4 is 10.6 Å². The molecule has 0 aliphatic rings. The number of benzene rings is 2. The van der Waals surface area contributed by atoms with Crippen LogP contribution in [0.1, 0.15) is 36.1 Å². The molecule has 31 heavy (non-hydrogen) atoms. The Kier molecular flexibility index (Phi) is 7.80. The van der Waals surface area contributed by atoms with Crippen molar-refractivity contribution in [2.45, 2.75) is 31.6 Å². The predicted octanol–water partition coefficient (Wildman–Crippen LogP) is 4.42. The number of thioether (sulfide) groups is 1. The van der Waals surface area contributed by atoms with Gasteiger partial charge < -0.3 is 15.2 Å². The first-order valence-electron chi connectivity index (χ1n) is 9.55. The second kappa shape index (κ2) is 10.5. The van der Waals surface area contributed by atoms with Gasteiger partial charge in [-0.1, -0.05) is 30.0 Å². The zero-order valence-corrected chi connectivity index (χ0v) is 19.3. The molecule has 3 aromatic rings. The highest BCUT2D eigenvalue weighted by atomic mass is 79.9. The highest BCUT2D eigenvalue weighted by Gasteiger charge is 2.21. The molecule has 0 unspecified atom stereocenters. The molecular weight excluding hydrogens is 485 g/mol. The second-order valence-corrected chi connectivity index (χ2v) is 8.40. The first kappa shape index (κ1) is 23.0. The number of nitrogens with one attached hydrogen (secondary N) is 2. The van der Waals surface area contributed by atoms with E-state index in [-0.39, 0.29) is 23.6 Å². The topological polar surface area (TPSA) is 88.9 Å². The Morgan fingerprint density at radius 3 is 2.68 bits per heavy atom. The van der Waals surface area contributed by atoms with E-state index in [1.165, 1.54) is 30.0 Å². The summed E-state index contributed by atoms with van der Waals surface area (Å²) in [6, 6.07) is 12.5. The van der Waals surface area contributed by atoms with Crippen molar-refractivity contribution >= 4 is 45.2 Å². The van der Waals surface area contributed by atoms with Gasteiger partial charge in [-0.05, 0) is 60.1 Å². The highest BCUT2D eigenvalue weighted by molar-refractivity contribution is 9.10. The van der Waals surface area contributed by atoms with Crippen molar-refractivity contribution in [2.24, 2.45) is 0 Å². The van der Waals surface area contributed by atoms with Gasteiger partial charge in [-0.25, -0.2) is 4.39 Å². The second-order valence-electron chi connectivity index (χ2n) is 6.61. The summed E-state index contributed by atoms with van der Waals surface area (Å²) in [5.74, 6) is -0.241. The van der Waals surface area contributed by atoms with Crippen LogP contribution in [0.2, 0.25) is 0 Å². The van der Waals surface area contributed by atoms with Crippen LogP contribution >= 0.6 is 27.7 Å². The molecule has 162 valence electrons. The number of hydrogen-bond acceptors (Lipinski definition) is 5. The Morgan fingerprint density at radius 1 is 1.19 bits per heavy atom. The van der Waals surface area contributed by atoms with Crippen LogP contribution in [0.5, 0.6) is 0 Å². The number of carbonyl (C=O) groups is 2. The third kappa shape index (κ3) is 5.92. The Hall–Kier alpha value is -2.72. The van der Waals surface area contributed by atoms with E-state index in [0.717, 1.165) is 0 Å². The van der Waals surface area contributed by atoms with Crippen LogP contribution in [0.15, 0.2) is 58.2 Å². The number of rotatable bonds is 8. The van der Waals surface area contributed by atoms with Gasteiger partial charge in [0.05, 0.1) is 17.4 Å². The molecule has 3 rings (SSSR count). The number of carbonyl (C=O) groups excluding carboxylic acids is 2. The average molecular weight is 506 g/mol. The Morgan fingerprint density at radius 2 is 1.97 bits per heavy atom. The monoisotopic (exact) mass is 505 g/mol. The SMILES string of the molecule is CCn1c(SCC(=O)Nc2cccc(F)c2)nnc1[C@H](C)NC(=O)c1ccccc1Br. The summed E-state index contributed by atoms with van der Waals surface area (Å²) in [5, 5.41) is 14.5. The van der Waals surface area contributed by atoms with Crippen molar-refractivity contribution in [2.75, 3.05) is 11.1 Å². The molecule has 0 fully saturated rings. The molecule has 0 spiro atoms. The molecule has 1 atom stereocenters. The minimum Gasteiger partial charge on any atom is -0.342 e. The molecule has 2 aromatic carbocycles. The normalized spacial score (nSPS) is 11.7. The number of aromatic nitrogens is 3. The molecule has 10 heteroatoms. The minimum atomic E-state index is -0.417. The van der Waals surface area contributed by atoms with Crippen LogP contribution in [0.4, 0.5) is 10.1 Å². The largest absolute Gasteiger partial charge is 0.342 e. The molecular formula is C21H21BrFN5O2S. The molecule has 0 saturated heterocycles. The maximum Gasteiger partial charge on any atom is 0.253 e. The molecule has 0 bridgehead atoms. The van der Waals surface area contributed by atoms with Gasteiger partial charge in [0, 0.05) is 16.7 Å². The van der Waals surface area contributed by atoms with Crippen LogP contribution in [0.3, 0.4) is 0 Å². The van der Waals surface area contributed by atoms with E-state index in [9.17, 15) is 14.0 Å². The summed E-state index contributed by atoms with van der Waals surface area (Å²) < 4.78 is 15.8. The lowest BCUT2D eigenvalue weighted by atomic mass is 10.2. The average Bonchev–Trinajstić information content (AvgIpc) is 3.15. The summed E-state index contributed by atoms with van der Waals surface area (Å²) in [5.41, 5.74) is 0.923. The molecule has 2 N–H and O–H groups in total. The Bertz CT molecular complexity index is 1090. The quantitative estimate of drug-likeness (QED) is 0.442. The fourth-order valence-corrected chi connectivity index (χ4v) is 4.18. The number of nitrogens with zero attached hydrogens (tertiary/aromatic N) is 3. The van der Waals surface area contributed by atoms with Gasteiger partial charge >= 0.3 is 0 Å². The lowest BCUT2D eigenvalue weighted by Gasteiger charge is -2.15. The Balaban J connectivity index is 1.63. The zero-order chi connectivity index (χ0) is 22.4.